The number of rotatable bonds is 7. The van der Waals surface area contributed by atoms with Crippen molar-refractivity contribution in [3.63, 3.8) is 0 Å². The average molecular weight is 338 g/mol. The highest BCUT2D eigenvalue weighted by molar-refractivity contribution is 6.30. The average Bonchev–Trinajstić information content (AvgIpc) is 2.60. The van der Waals surface area contributed by atoms with Crippen molar-refractivity contribution in [1.29, 1.82) is 0 Å². The maximum atomic E-state index is 12.4. The Balaban J connectivity index is 2.04. The molecule has 2 aromatic rings. The van der Waals surface area contributed by atoms with E-state index >= 15 is 0 Å². The molecule has 0 spiro atoms. The van der Waals surface area contributed by atoms with E-state index in [1.54, 1.807) is 25.1 Å². The van der Waals surface area contributed by atoms with Gasteiger partial charge in [-0.1, -0.05) is 42.5 Å². The molecule has 25 heavy (non-hydrogen) atoms. The second-order valence-electron chi connectivity index (χ2n) is 5.26. The van der Waals surface area contributed by atoms with Gasteiger partial charge in [0, 0.05) is 0 Å². The molecule has 0 fully saturated rings. The van der Waals surface area contributed by atoms with Crippen LogP contribution in [0.5, 0.6) is 0 Å². The monoisotopic (exact) mass is 338 g/mol. The van der Waals surface area contributed by atoms with E-state index in [1.165, 1.54) is 4.90 Å². The van der Waals surface area contributed by atoms with Gasteiger partial charge in [0.05, 0.1) is 18.8 Å². The number of esters is 1. The van der Waals surface area contributed by atoms with Gasteiger partial charge >= 0.3 is 12.1 Å². The van der Waals surface area contributed by atoms with Gasteiger partial charge in [0.25, 0.3) is 0 Å². The fourth-order valence-electron chi connectivity index (χ4n) is 2.14. The van der Waals surface area contributed by atoms with Crippen molar-refractivity contribution < 1.29 is 19.1 Å². The first-order valence-corrected chi connectivity index (χ1v) is 7.91. The van der Waals surface area contributed by atoms with Gasteiger partial charge in [-0.05, 0) is 24.1 Å². The molecule has 1 amide bonds. The van der Waals surface area contributed by atoms with Crippen molar-refractivity contribution in [1.82, 2.24) is 9.88 Å². The SMILES string of the molecule is [B]c1cccc(CN(CC(=O)OCC)C(=O)OCc2ccccc2)n1. The van der Waals surface area contributed by atoms with Crippen molar-refractivity contribution in [2.24, 2.45) is 0 Å². The predicted molar refractivity (Wildman–Crippen MR) is 93.3 cm³/mol. The first kappa shape index (κ1) is 18.5. The van der Waals surface area contributed by atoms with Gasteiger partial charge in [-0.3, -0.25) is 14.7 Å². The highest BCUT2D eigenvalue weighted by Crippen LogP contribution is 2.07. The summed E-state index contributed by atoms with van der Waals surface area (Å²) in [7, 11) is 5.66. The molecule has 1 aromatic carbocycles. The highest BCUT2D eigenvalue weighted by atomic mass is 16.6. The number of hydrogen-bond donors (Lipinski definition) is 0. The van der Waals surface area contributed by atoms with E-state index in [4.69, 9.17) is 17.3 Å². The van der Waals surface area contributed by atoms with Crippen LogP contribution in [0.3, 0.4) is 0 Å². The van der Waals surface area contributed by atoms with E-state index < -0.39 is 12.1 Å². The zero-order valence-corrected chi connectivity index (χ0v) is 14.1. The van der Waals surface area contributed by atoms with Crippen LogP contribution < -0.4 is 5.59 Å². The second kappa shape index (κ2) is 9.47. The molecule has 7 heteroatoms. The molecule has 6 nitrogen and oxygen atoms in total. The van der Waals surface area contributed by atoms with Crippen molar-refractivity contribution in [3.8, 4) is 0 Å². The first-order chi connectivity index (χ1) is 12.1. The minimum atomic E-state index is -0.624. The predicted octanol–water partition coefficient (Wildman–Crippen LogP) is 1.58. The number of aromatic nitrogens is 1. The Kier molecular flexibility index (Phi) is 7.01. The molecular formula is C18H19BN2O4. The van der Waals surface area contributed by atoms with Crippen LogP contribution in [0.4, 0.5) is 4.79 Å². The minimum Gasteiger partial charge on any atom is -0.465 e. The Bertz CT molecular complexity index is 709. The van der Waals surface area contributed by atoms with Crippen LogP contribution in [0.2, 0.25) is 0 Å². The van der Waals surface area contributed by atoms with Crippen LogP contribution in [-0.2, 0) is 27.4 Å². The smallest absolute Gasteiger partial charge is 0.410 e. The summed E-state index contributed by atoms with van der Waals surface area (Å²) < 4.78 is 10.2. The molecule has 0 saturated heterocycles. The van der Waals surface area contributed by atoms with Crippen LogP contribution >= 0.6 is 0 Å². The summed E-state index contributed by atoms with van der Waals surface area (Å²) in [6.45, 7) is 1.93. The molecule has 0 aliphatic rings. The van der Waals surface area contributed by atoms with E-state index in [0.717, 1.165) is 5.56 Å². The van der Waals surface area contributed by atoms with E-state index in [0.29, 0.717) is 11.3 Å². The lowest BCUT2D eigenvalue weighted by molar-refractivity contribution is -0.144. The van der Waals surface area contributed by atoms with Gasteiger partial charge in [-0.2, -0.15) is 0 Å². The summed E-state index contributed by atoms with van der Waals surface area (Å²) >= 11 is 0. The molecule has 0 bridgehead atoms. The fourth-order valence-corrected chi connectivity index (χ4v) is 2.14. The maximum absolute atomic E-state index is 12.4. The van der Waals surface area contributed by atoms with Crippen LogP contribution in [-0.4, -0.2) is 42.9 Å². The molecule has 0 unspecified atom stereocenters. The molecular weight excluding hydrogens is 319 g/mol. The third-order valence-electron chi connectivity index (χ3n) is 3.27. The van der Waals surface area contributed by atoms with Crippen LogP contribution in [0.1, 0.15) is 18.2 Å². The fraction of sp³-hybridized carbons (Fsp3) is 0.278. The standard InChI is InChI=1S/C18H19BN2O4/c1-2-24-17(22)12-21(11-15-9-6-10-16(19)20-15)18(23)25-13-14-7-4-3-5-8-14/h3-10H,2,11-13H2,1H3. The Labute approximate surface area is 148 Å². The van der Waals surface area contributed by atoms with E-state index in [9.17, 15) is 9.59 Å². The summed E-state index contributed by atoms with van der Waals surface area (Å²) in [5.41, 5.74) is 1.75. The van der Waals surface area contributed by atoms with Crippen molar-refractivity contribution in [2.45, 2.75) is 20.1 Å². The summed E-state index contributed by atoms with van der Waals surface area (Å²) in [6.07, 6.45) is -0.624. The van der Waals surface area contributed by atoms with Gasteiger partial charge < -0.3 is 9.47 Å². The molecule has 0 aliphatic carbocycles. The van der Waals surface area contributed by atoms with Crippen molar-refractivity contribution in [2.75, 3.05) is 13.2 Å². The Morgan fingerprint density at radius 1 is 1.08 bits per heavy atom. The van der Waals surface area contributed by atoms with Crippen molar-refractivity contribution >= 4 is 25.5 Å². The summed E-state index contributed by atoms with van der Waals surface area (Å²) in [5, 5.41) is 0. The largest absolute Gasteiger partial charge is 0.465 e. The van der Waals surface area contributed by atoms with Gasteiger partial charge in [0.1, 0.15) is 21.0 Å². The van der Waals surface area contributed by atoms with Gasteiger partial charge in [-0.25, -0.2) is 4.79 Å². The second-order valence-corrected chi connectivity index (χ2v) is 5.26. The quantitative estimate of drug-likeness (QED) is 0.566. The Morgan fingerprint density at radius 2 is 1.84 bits per heavy atom. The van der Waals surface area contributed by atoms with Crippen LogP contribution in [0.15, 0.2) is 48.5 Å². The lowest BCUT2D eigenvalue weighted by Crippen LogP contribution is -2.37. The first-order valence-electron chi connectivity index (χ1n) is 7.91. The number of hydrogen-bond acceptors (Lipinski definition) is 5. The number of nitrogens with zero attached hydrogens (tertiary/aromatic N) is 2. The molecule has 1 aromatic heterocycles. The normalized spacial score (nSPS) is 10.1. The van der Waals surface area contributed by atoms with E-state index in [1.807, 2.05) is 30.3 Å². The highest BCUT2D eigenvalue weighted by Gasteiger charge is 2.20. The minimum absolute atomic E-state index is 0.0947. The maximum Gasteiger partial charge on any atom is 0.410 e. The van der Waals surface area contributed by atoms with Crippen LogP contribution in [0.25, 0.3) is 0 Å². The molecule has 2 rings (SSSR count). The van der Waals surface area contributed by atoms with Gasteiger partial charge in [0.2, 0.25) is 0 Å². The summed E-state index contributed by atoms with van der Waals surface area (Å²) in [6, 6.07) is 14.4. The molecule has 0 N–H and O–H groups in total. The van der Waals surface area contributed by atoms with Gasteiger partial charge in [0.15, 0.2) is 0 Å². The lowest BCUT2D eigenvalue weighted by atomic mass is 10.0. The molecule has 2 radical (unpaired) electrons. The third-order valence-corrected chi connectivity index (χ3v) is 3.27. The summed E-state index contributed by atoms with van der Waals surface area (Å²) in [5.74, 6) is -0.511. The van der Waals surface area contributed by atoms with E-state index in [2.05, 4.69) is 4.98 Å². The third kappa shape index (κ3) is 6.29. The molecule has 0 saturated carbocycles. The number of carbonyl (C=O) groups excluding carboxylic acids is 2. The Morgan fingerprint density at radius 3 is 2.52 bits per heavy atom. The molecule has 0 aliphatic heterocycles. The van der Waals surface area contributed by atoms with Crippen molar-refractivity contribution in [3.05, 3.63) is 59.8 Å². The number of pyridine rings is 1. The molecule has 0 atom stereocenters. The molecule has 128 valence electrons. The number of amides is 1. The summed E-state index contributed by atoms with van der Waals surface area (Å²) in [4.78, 5) is 29.5. The topological polar surface area (TPSA) is 68.7 Å². The van der Waals surface area contributed by atoms with Crippen LogP contribution in [0, 0.1) is 0 Å². The van der Waals surface area contributed by atoms with E-state index in [-0.39, 0.29) is 26.3 Å². The lowest BCUT2D eigenvalue weighted by Gasteiger charge is -2.21. The molecule has 1 heterocycles. The Hall–Kier alpha value is -2.83. The number of carbonyl (C=O) groups is 2. The van der Waals surface area contributed by atoms with Gasteiger partial charge in [-0.15, -0.1) is 0 Å². The number of benzene rings is 1. The zero-order chi connectivity index (χ0) is 18.1. The number of ether oxygens (including phenoxy) is 2. The zero-order valence-electron chi connectivity index (χ0n) is 14.1.